The highest BCUT2D eigenvalue weighted by Gasteiger charge is 2.19. The van der Waals surface area contributed by atoms with E-state index in [4.69, 9.17) is 9.84 Å². The van der Waals surface area contributed by atoms with Gasteiger partial charge in [-0.15, -0.1) is 0 Å². The number of carbonyl (C=O) groups is 1. The maximum atomic E-state index is 10.8. The van der Waals surface area contributed by atoms with E-state index < -0.39 is 5.97 Å². The Balaban J connectivity index is 4.30. The summed E-state index contributed by atoms with van der Waals surface area (Å²) in [6.45, 7) is 4.32. The summed E-state index contributed by atoms with van der Waals surface area (Å²) in [5.41, 5.74) is 0. The fourth-order valence-electron chi connectivity index (χ4n) is 1.57. The lowest BCUT2D eigenvalue weighted by molar-refractivity contribution is -0.139. The fraction of sp³-hybridized carbons (Fsp3) is 0.909. The predicted molar refractivity (Wildman–Crippen MR) is 63.7 cm³/mol. The zero-order valence-corrected chi connectivity index (χ0v) is 10.8. The van der Waals surface area contributed by atoms with Crippen LogP contribution >= 0.6 is 0 Å². The SMILES string of the molecule is CCC(COC)N(CCN(C)C)CC(=O)O. The molecule has 0 aliphatic heterocycles. The molecule has 0 bridgehead atoms. The lowest BCUT2D eigenvalue weighted by Crippen LogP contribution is -2.44. The third-order valence-corrected chi connectivity index (χ3v) is 2.52. The number of likely N-dealkylation sites (N-methyl/N-ethyl adjacent to an activating group) is 1. The van der Waals surface area contributed by atoms with Crippen LogP contribution in [0, 0.1) is 0 Å². The number of rotatable bonds is 9. The van der Waals surface area contributed by atoms with Gasteiger partial charge in [0.1, 0.15) is 0 Å². The molecule has 5 heteroatoms. The third kappa shape index (κ3) is 6.76. The first-order valence-corrected chi connectivity index (χ1v) is 5.60. The highest BCUT2D eigenvalue weighted by atomic mass is 16.5. The number of aliphatic carboxylic acids is 1. The van der Waals surface area contributed by atoms with Gasteiger partial charge in [0.15, 0.2) is 0 Å². The smallest absolute Gasteiger partial charge is 0.317 e. The molecular weight excluding hydrogens is 208 g/mol. The van der Waals surface area contributed by atoms with Crippen LogP contribution in [-0.4, -0.2) is 74.4 Å². The van der Waals surface area contributed by atoms with Gasteiger partial charge in [0, 0.05) is 26.2 Å². The molecule has 0 saturated heterocycles. The van der Waals surface area contributed by atoms with Crippen LogP contribution in [0.2, 0.25) is 0 Å². The zero-order chi connectivity index (χ0) is 12.6. The summed E-state index contributed by atoms with van der Waals surface area (Å²) in [6.07, 6.45) is 0.897. The maximum absolute atomic E-state index is 10.8. The molecule has 0 aliphatic rings. The maximum Gasteiger partial charge on any atom is 0.317 e. The molecule has 1 atom stereocenters. The Bertz CT molecular complexity index is 198. The number of ether oxygens (including phenoxy) is 1. The van der Waals surface area contributed by atoms with Crippen molar-refractivity contribution in [2.45, 2.75) is 19.4 Å². The molecule has 0 aromatic rings. The van der Waals surface area contributed by atoms with Gasteiger partial charge in [-0.2, -0.15) is 0 Å². The van der Waals surface area contributed by atoms with Crippen LogP contribution in [0.25, 0.3) is 0 Å². The van der Waals surface area contributed by atoms with Gasteiger partial charge >= 0.3 is 5.97 Å². The number of carboxylic acids is 1. The molecule has 16 heavy (non-hydrogen) atoms. The fourth-order valence-corrected chi connectivity index (χ4v) is 1.57. The predicted octanol–water partition coefficient (Wildman–Crippen LogP) is 0.360. The van der Waals surface area contributed by atoms with Crippen molar-refractivity contribution >= 4 is 5.97 Å². The normalized spacial score (nSPS) is 13.4. The molecule has 0 aromatic carbocycles. The lowest BCUT2D eigenvalue weighted by atomic mass is 10.2. The van der Waals surface area contributed by atoms with Crippen molar-refractivity contribution in [2.24, 2.45) is 0 Å². The third-order valence-electron chi connectivity index (χ3n) is 2.52. The first-order valence-electron chi connectivity index (χ1n) is 5.60. The van der Waals surface area contributed by atoms with Gasteiger partial charge in [0.05, 0.1) is 13.2 Å². The van der Waals surface area contributed by atoms with E-state index in [-0.39, 0.29) is 12.6 Å². The minimum absolute atomic E-state index is 0.0791. The highest BCUT2D eigenvalue weighted by molar-refractivity contribution is 5.69. The van der Waals surface area contributed by atoms with Gasteiger partial charge in [-0.25, -0.2) is 0 Å². The minimum atomic E-state index is -0.784. The van der Waals surface area contributed by atoms with Crippen molar-refractivity contribution < 1.29 is 14.6 Å². The van der Waals surface area contributed by atoms with E-state index in [0.717, 1.165) is 19.5 Å². The van der Waals surface area contributed by atoms with Crippen LogP contribution in [0.4, 0.5) is 0 Å². The van der Waals surface area contributed by atoms with Crippen molar-refractivity contribution in [1.29, 1.82) is 0 Å². The average molecular weight is 232 g/mol. The number of methoxy groups -OCH3 is 1. The Morgan fingerprint density at radius 1 is 1.38 bits per heavy atom. The van der Waals surface area contributed by atoms with E-state index in [1.165, 1.54) is 0 Å². The van der Waals surface area contributed by atoms with Gasteiger partial charge < -0.3 is 14.7 Å². The van der Waals surface area contributed by atoms with Crippen LogP contribution in [0.3, 0.4) is 0 Å². The van der Waals surface area contributed by atoms with E-state index >= 15 is 0 Å². The largest absolute Gasteiger partial charge is 0.480 e. The Morgan fingerprint density at radius 2 is 2.00 bits per heavy atom. The molecule has 0 rings (SSSR count). The van der Waals surface area contributed by atoms with Crippen LogP contribution in [0.5, 0.6) is 0 Å². The van der Waals surface area contributed by atoms with E-state index in [1.54, 1.807) is 7.11 Å². The standard InChI is InChI=1S/C11H24N2O3/c1-5-10(9-16-4)13(8-11(14)15)7-6-12(2)3/h10H,5-9H2,1-4H3,(H,14,15). The molecule has 0 radical (unpaired) electrons. The van der Waals surface area contributed by atoms with Gasteiger partial charge in [-0.3, -0.25) is 9.69 Å². The quantitative estimate of drug-likeness (QED) is 0.622. The Kier molecular flexibility index (Phi) is 8.15. The van der Waals surface area contributed by atoms with Crippen LogP contribution < -0.4 is 0 Å². The van der Waals surface area contributed by atoms with Crippen LogP contribution in [-0.2, 0) is 9.53 Å². The molecule has 0 amide bonds. The van der Waals surface area contributed by atoms with Gasteiger partial charge in [0.25, 0.3) is 0 Å². The molecule has 5 nitrogen and oxygen atoms in total. The van der Waals surface area contributed by atoms with Crippen LogP contribution in [0.15, 0.2) is 0 Å². The summed E-state index contributed by atoms with van der Waals surface area (Å²) in [5.74, 6) is -0.784. The minimum Gasteiger partial charge on any atom is -0.480 e. The second kappa shape index (κ2) is 8.50. The van der Waals surface area contributed by atoms with E-state index in [1.807, 2.05) is 30.8 Å². The number of hydrogen-bond acceptors (Lipinski definition) is 4. The molecule has 1 unspecified atom stereocenters. The van der Waals surface area contributed by atoms with E-state index in [2.05, 4.69) is 0 Å². The molecule has 0 spiro atoms. The lowest BCUT2D eigenvalue weighted by Gasteiger charge is -2.30. The van der Waals surface area contributed by atoms with Crippen LogP contribution in [0.1, 0.15) is 13.3 Å². The highest BCUT2D eigenvalue weighted by Crippen LogP contribution is 2.04. The van der Waals surface area contributed by atoms with Gasteiger partial charge in [-0.05, 0) is 20.5 Å². The second-order valence-electron chi connectivity index (χ2n) is 4.18. The van der Waals surface area contributed by atoms with Crippen molar-refractivity contribution in [3.63, 3.8) is 0 Å². The molecule has 0 saturated carbocycles. The number of carboxylic acid groups (broad SMARTS) is 1. The molecule has 0 fully saturated rings. The van der Waals surface area contributed by atoms with Crippen molar-refractivity contribution in [1.82, 2.24) is 9.80 Å². The first kappa shape index (κ1) is 15.3. The molecule has 1 N–H and O–H groups in total. The summed E-state index contributed by atoms with van der Waals surface area (Å²) < 4.78 is 5.12. The van der Waals surface area contributed by atoms with Crippen molar-refractivity contribution in [3.8, 4) is 0 Å². The Labute approximate surface area is 98.0 Å². The summed E-state index contributed by atoms with van der Waals surface area (Å²) in [4.78, 5) is 14.8. The molecule has 0 heterocycles. The second-order valence-corrected chi connectivity index (χ2v) is 4.18. The summed E-state index contributed by atoms with van der Waals surface area (Å²) in [7, 11) is 5.61. The monoisotopic (exact) mass is 232 g/mol. The average Bonchev–Trinajstić information content (AvgIpc) is 2.20. The topological polar surface area (TPSA) is 53.0 Å². The Hall–Kier alpha value is -0.650. The summed E-state index contributed by atoms with van der Waals surface area (Å²) in [5, 5.41) is 8.87. The summed E-state index contributed by atoms with van der Waals surface area (Å²) >= 11 is 0. The van der Waals surface area contributed by atoms with Crippen molar-refractivity contribution in [3.05, 3.63) is 0 Å². The molecular formula is C11H24N2O3. The van der Waals surface area contributed by atoms with Gasteiger partial charge in [-0.1, -0.05) is 6.92 Å². The Morgan fingerprint density at radius 3 is 2.38 bits per heavy atom. The zero-order valence-electron chi connectivity index (χ0n) is 10.8. The number of nitrogens with zero attached hydrogens (tertiary/aromatic N) is 2. The van der Waals surface area contributed by atoms with E-state index in [0.29, 0.717) is 6.61 Å². The van der Waals surface area contributed by atoms with E-state index in [9.17, 15) is 4.79 Å². The molecule has 0 aliphatic carbocycles. The summed E-state index contributed by atoms with van der Waals surface area (Å²) in [6, 6.07) is 0.182. The number of hydrogen-bond donors (Lipinski definition) is 1. The van der Waals surface area contributed by atoms with Gasteiger partial charge in [0.2, 0.25) is 0 Å². The molecule has 96 valence electrons. The van der Waals surface area contributed by atoms with Crippen molar-refractivity contribution in [2.75, 3.05) is 47.4 Å². The first-order chi connectivity index (χ1) is 7.51. The molecule has 0 aromatic heterocycles.